The van der Waals surface area contributed by atoms with Gasteiger partial charge < -0.3 is 0 Å². The van der Waals surface area contributed by atoms with Crippen molar-refractivity contribution in [1.29, 1.82) is 0 Å². The van der Waals surface area contributed by atoms with Gasteiger partial charge in [0.2, 0.25) is 0 Å². The average molecular weight is 176 g/mol. The smallest absolute Gasteiger partial charge is 0.0869 e. The average Bonchev–Trinajstić information content (AvgIpc) is 2.40. The van der Waals surface area contributed by atoms with Crippen LogP contribution in [-0.2, 0) is 0 Å². The van der Waals surface area contributed by atoms with Crippen molar-refractivity contribution in [3.05, 3.63) is 0 Å². The van der Waals surface area contributed by atoms with Crippen molar-refractivity contribution in [1.82, 2.24) is 0 Å². The summed E-state index contributed by atoms with van der Waals surface area (Å²) in [5.74, 6) is 3.33. The van der Waals surface area contributed by atoms with Crippen molar-refractivity contribution in [2.75, 3.05) is 0 Å². The second-order valence-corrected chi connectivity index (χ2v) is 6.55. The van der Waals surface area contributed by atoms with E-state index in [0.29, 0.717) is 5.21 Å². The molecule has 72 valence electrons. The molecule has 2 heteroatoms. The Balaban J connectivity index is 1.85. The highest BCUT2D eigenvalue weighted by Gasteiger charge is 2.38. The molecule has 0 heterocycles. The van der Waals surface area contributed by atoms with Crippen LogP contribution in [0.3, 0.4) is 0 Å². The third kappa shape index (κ3) is 2.33. The van der Waals surface area contributed by atoms with Crippen LogP contribution in [-0.4, -0.2) is 15.7 Å². The van der Waals surface area contributed by atoms with Crippen LogP contribution in [0.5, 0.6) is 0 Å². The van der Waals surface area contributed by atoms with Gasteiger partial charge in [-0.1, -0.05) is 37.8 Å². The topological polar surface area (TPSA) is 0 Å². The predicted octanol–water partition coefficient (Wildman–Crippen LogP) is 1.61. The Morgan fingerprint density at radius 2 is 1.69 bits per heavy atom. The van der Waals surface area contributed by atoms with Crippen molar-refractivity contribution < 1.29 is 0 Å². The fourth-order valence-corrected chi connectivity index (χ4v) is 3.72. The minimum atomic E-state index is 0.559. The van der Waals surface area contributed by atoms with Gasteiger partial charge in [0.15, 0.2) is 0 Å². The van der Waals surface area contributed by atoms with E-state index < -0.39 is 0 Å². The van der Waals surface area contributed by atoms with Gasteiger partial charge in [0.05, 0.1) is 15.7 Å². The molecule has 2 atom stereocenters. The Hall–Kier alpha value is 0.130. The molecule has 0 nitrogen and oxygen atoms in total. The lowest BCUT2D eigenvalue weighted by Crippen LogP contribution is -2.13. The molecule has 13 heavy (non-hydrogen) atoms. The van der Waals surface area contributed by atoms with Crippen molar-refractivity contribution in [3.8, 4) is 0 Å². The Bertz CT molecular complexity index is 171. The van der Waals surface area contributed by atoms with Gasteiger partial charge >= 0.3 is 0 Å². The summed E-state index contributed by atoms with van der Waals surface area (Å²) in [6.07, 6.45) is 9.19. The maximum atomic E-state index is 2.39. The molecular formula is C11H22B2. The van der Waals surface area contributed by atoms with Crippen LogP contribution >= 0.6 is 0 Å². The van der Waals surface area contributed by atoms with Crippen molar-refractivity contribution in [2.24, 2.45) is 17.8 Å². The van der Waals surface area contributed by atoms with Gasteiger partial charge in [0.25, 0.3) is 0 Å². The molecule has 0 bridgehead atoms. The second-order valence-electron chi connectivity index (χ2n) is 6.55. The van der Waals surface area contributed by atoms with E-state index in [-0.39, 0.29) is 0 Å². The number of hydrogen-bond acceptors (Lipinski definition) is 0. The summed E-state index contributed by atoms with van der Waals surface area (Å²) in [4.78, 5) is 0. The van der Waals surface area contributed by atoms with E-state index >= 15 is 0 Å². The number of fused-ring (bicyclic) bond motifs is 1. The Kier molecular flexibility index (Phi) is 2.50. The molecule has 2 aliphatic rings. The van der Waals surface area contributed by atoms with E-state index in [1.54, 1.807) is 25.7 Å². The second kappa shape index (κ2) is 3.37. The lowest BCUT2D eigenvalue weighted by molar-refractivity contribution is 0.436. The van der Waals surface area contributed by atoms with Crippen LogP contribution in [0.15, 0.2) is 0 Å². The summed E-state index contributed by atoms with van der Waals surface area (Å²) in [6, 6.07) is 0. The zero-order valence-electron chi connectivity index (χ0n) is 9.47. The van der Waals surface area contributed by atoms with Gasteiger partial charge in [-0.3, -0.25) is 0 Å². The van der Waals surface area contributed by atoms with Crippen LogP contribution in [0.25, 0.3) is 0 Å². The lowest BCUT2D eigenvalue weighted by Gasteiger charge is -2.23. The predicted molar refractivity (Wildman–Crippen MR) is 63.6 cm³/mol. The van der Waals surface area contributed by atoms with Gasteiger partial charge in [0.1, 0.15) is 0 Å². The van der Waals surface area contributed by atoms with Crippen LogP contribution < -0.4 is 0 Å². The summed E-state index contributed by atoms with van der Waals surface area (Å²) in [5.41, 5.74) is 0. The Labute approximate surface area is 84.7 Å². The van der Waals surface area contributed by atoms with E-state index in [0.717, 1.165) is 17.8 Å². The van der Waals surface area contributed by atoms with Gasteiger partial charge in [0, 0.05) is 0 Å². The zero-order valence-corrected chi connectivity index (χ0v) is 9.47. The van der Waals surface area contributed by atoms with Gasteiger partial charge in [-0.05, 0) is 30.6 Å². The van der Waals surface area contributed by atoms with Gasteiger partial charge in [-0.25, -0.2) is 0 Å². The summed E-state index contributed by atoms with van der Waals surface area (Å²) in [6.45, 7) is 2.39. The quantitative estimate of drug-likeness (QED) is 0.560. The monoisotopic (exact) mass is 176 g/mol. The first-order valence-corrected chi connectivity index (χ1v) is 6.04. The molecule has 0 saturated heterocycles. The molecule has 2 fully saturated rings. The SMILES string of the molecule is BC(B)(C)CC1CC2CCCC2C1. The minimum absolute atomic E-state index is 0.559. The van der Waals surface area contributed by atoms with Gasteiger partial charge in [-0.2, -0.15) is 0 Å². The maximum Gasteiger partial charge on any atom is 0.0988 e. The van der Waals surface area contributed by atoms with E-state index in [2.05, 4.69) is 22.6 Å². The molecule has 0 aromatic carbocycles. The molecular weight excluding hydrogens is 154 g/mol. The van der Waals surface area contributed by atoms with E-state index in [9.17, 15) is 0 Å². The molecule has 0 aliphatic heterocycles. The molecule has 2 rings (SSSR count). The molecule has 0 spiro atoms. The summed E-state index contributed by atoms with van der Waals surface area (Å²) in [7, 11) is 4.78. The first-order chi connectivity index (χ1) is 6.04. The third-order valence-corrected chi connectivity index (χ3v) is 3.99. The molecule has 2 unspecified atom stereocenters. The number of hydrogen-bond donors (Lipinski definition) is 0. The summed E-state index contributed by atoms with van der Waals surface area (Å²) in [5, 5.41) is 0.559. The highest BCUT2D eigenvalue weighted by atomic mass is 14.4. The lowest BCUT2D eigenvalue weighted by atomic mass is 9.52. The largest absolute Gasteiger partial charge is 0.0988 e. The molecule has 0 N–H and O–H groups in total. The van der Waals surface area contributed by atoms with Crippen LogP contribution in [0.4, 0.5) is 0 Å². The first kappa shape index (κ1) is 9.68. The Morgan fingerprint density at radius 1 is 1.15 bits per heavy atom. The fraction of sp³-hybridized carbons (Fsp3) is 1.00. The highest BCUT2D eigenvalue weighted by Crippen LogP contribution is 2.49. The van der Waals surface area contributed by atoms with E-state index in [1.165, 1.54) is 12.8 Å². The molecule has 2 aliphatic carbocycles. The van der Waals surface area contributed by atoms with Crippen LogP contribution in [0, 0.1) is 17.8 Å². The molecule has 2 saturated carbocycles. The van der Waals surface area contributed by atoms with Crippen LogP contribution in [0.2, 0.25) is 5.21 Å². The summed E-state index contributed by atoms with van der Waals surface area (Å²) >= 11 is 0. The fourth-order valence-electron chi connectivity index (χ4n) is 3.72. The van der Waals surface area contributed by atoms with E-state index in [4.69, 9.17) is 0 Å². The van der Waals surface area contributed by atoms with E-state index in [1.807, 2.05) is 0 Å². The Morgan fingerprint density at radius 3 is 2.15 bits per heavy atom. The molecule has 0 amide bonds. The summed E-state index contributed by atoms with van der Waals surface area (Å²) < 4.78 is 0. The molecule has 0 aromatic heterocycles. The number of rotatable bonds is 2. The minimum Gasteiger partial charge on any atom is -0.0869 e. The normalized spacial score (nSPS) is 39.3. The zero-order chi connectivity index (χ0) is 9.47. The first-order valence-electron chi connectivity index (χ1n) is 6.04. The van der Waals surface area contributed by atoms with Crippen molar-refractivity contribution >= 4 is 15.7 Å². The van der Waals surface area contributed by atoms with Crippen LogP contribution in [0.1, 0.15) is 45.4 Å². The highest BCUT2D eigenvalue weighted by molar-refractivity contribution is 6.39. The van der Waals surface area contributed by atoms with Gasteiger partial charge in [-0.15, -0.1) is 0 Å². The van der Waals surface area contributed by atoms with Crippen molar-refractivity contribution in [3.63, 3.8) is 0 Å². The standard InChI is InChI=1S/C11H22B2/c1-11(12,13)7-8-5-9-3-2-4-10(9)6-8/h8-10H,2-7,12-13H2,1H3. The maximum absolute atomic E-state index is 2.39. The molecule has 0 aromatic rings. The third-order valence-electron chi connectivity index (χ3n) is 3.99. The molecule has 0 radical (unpaired) electrons. The van der Waals surface area contributed by atoms with Crippen molar-refractivity contribution in [2.45, 2.75) is 50.7 Å².